The number of nitrogens with zero attached hydrogens (tertiary/aromatic N) is 1. The van der Waals surface area contributed by atoms with Crippen LogP contribution in [0.1, 0.15) is 19.8 Å². The van der Waals surface area contributed by atoms with Crippen LogP contribution in [0.25, 0.3) is 0 Å². The van der Waals surface area contributed by atoms with E-state index in [0.29, 0.717) is 6.04 Å². The summed E-state index contributed by atoms with van der Waals surface area (Å²) in [4.78, 5) is 3.33. The second-order valence-corrected chi connectivity index (χ2v) is 5.47. The Hall–Kier alpha value is 0.400. The molecule has 0 bridgehead atoms. The first kappa shape index (κ1) is 9.94. The molecule has 2 fully saturated rings. The number of halogens is 1. The molecule has 0 radical (unpaired) electrons. The van der Waals surface area contributed by atoms with Crippen LogP contribution in [0, 0.1) is 5.92 Å². The molecular weight excluding hydrogens is 230 g/mol. The summed E-state index contributed by atoms with van der Waals surface area (Å²) in [5.74, 6) is 0.786. The third kappa shape index (κ3) is 2.25. The van der Waals surface area contributed by atoms with Crippen LogP contribution in [0.5, 0.6) is 0 Å². The monoisotopic (exact) mass is 247 g/mol. The van der Waals surface area contributed by atoms with E-state index in [9.17, 15) is 0 Å². The van der Waals surface area contributed by atoms with Gasteiger partial charge in [-0.25, -0.2) is 0 Å². The van der Waals surface area contributed by atoms with E-state index < -0.39 is 0 Å². The van der Waals surface area contributed by atoms with Gasteiger partial charge in [-0.05, 0) is 25.3 Å². The maximum atomic E-state index is 5.42. The lowest BCUT2D eigenvalue weighted by atomic mass is 9.98. The highest BCUT2D eigenvalue weighted by molar-refractivity contribution is 9.09. The Labute approximate surface area is 88.8 Å². The van der Waals surface area contributed by atoms with Gasteiger partial charge >= 0.3 is 0 Å². The fourth-order valence-electron chi connectivity index (χ4n) is 2.29. The fraction of sp³-hybridized carbons (Fsp3) is 1.00. The third-order valence-electron chi connectivity index (χ3n) is 3.25. The highest BCUT2D eigenvalue weighted by atomic mass is 79.9. The van der Waals surface area contributed by atoms with E-state index in [1.807, 2.05) is 0 Å². The second kappa shape index (κ2) is 4.28. The molecule has 2 rings (SSSR count). The molecule has 2 aliphatic rings. The van der Waals surface area contributed by atoms with Crippen molar-refractivity contribution in [1.82, 2.24) is 4.90 Å². The number of piperidine rings is 1. The van der Waals surface area contributed by atoms with Crippen molar-refractivity contribution in [3.63, 3.8) is 0 Å². The zero-order valence-corrected chi connectivity index (χ0v) is 9.79. The van der Waals surface area contributed by atoms with Gasteiger partial charge in [-0.1, -0.05) is 22.9 Å². The molecule has 76 valence electrons. The lowest BCUT2D eigenvalue weighted by molar-refractivity contribution is 0.111. The first-order chi connectivity index (χ1) is 6.27. The standard InChI is InChI=1S/C10H18BrNO/c1-8-6-12(4-2-10(8)11)9-3-5-13-7-9/h8-10H,2-7H2,1H3. The molecule has 0 aromatic rings. The highest BCUT2D eigenvalue weighted by Gasteiger charge is 2.30. The van der Waals surface area contributed by atoms with Gasteiger partial charge in [-0.2, -0.15) is 0 Å². The summed E-state index contributed by atoms with van der Waals surface area (Å²) < 4.78 is 5.42. The van der Waals surface area contributed by atoms with Crippen LogP contribution in [0.4, 0.5) is 0 Å². The quantitative estimate of drug-likeness (QED) is 0.657. The Morgan fingerprint density at radius 2 is 2.23 bits per heavy atom. The molecule has 13 heavy (non-hydrogen) atoms. The van der Waals surface area contributed by atoms with Crippen LogP contribution in [0.15, 0.2) is 0 Å². The summed E-state index contributed by atoms with van der Waals surface area (Å²) in [6.07, 6.45) is 2.53. The van der Waals surface area contributed by atoms with Gasteiger partial charge in [0.2, 0.25) is 0 Å². The maximum Gasteiger partial charge on any atom is 0.0622 e. The lowest BCUT2D eigenvalue weighted by Crippen LogP contribution is -2.45. The van der Waals surface area contributed by atoms with Crippen molar-refractivity contribution in [2.75, 3.05) is 26.3 Å². The smallest absolute Gasteiger partial charge is 0.0622 e. The largest absolute Gasteiger partial charge is 0.380 e. The molecule has 2 aliphatic heterocycles. The number of alkyl halides is 1. The van der Waals surface area contributed by atoms with E-state index in [1.165, 1.54) is 25.9 Å². The molecule has 0 N–H and O–H groups in total. The van der Waals surface area contributed by atoms with Crippen molar-refractivity contribution in [2.45, 2.75) is 30.6 Å². The van der Waals surface area contributed by atoms with Crippen molar-refractivity contribution in [3.8, 4) is 0 Å². The summed E-state index contributed by atoms with van der Waals surface area (Å²) in [5, 5.41) is 0. The van der Waals surface area contributed by atoms with Crippen molar-refractivity contribution in [2.24, 2.45) is 5.92 Å². The van der Waals surface area contributed by atoms with Crippen molar-refractivity contribution < 1.29 is 4.74 Å². The summed E-state index contributed by atoms with van der Waals surface area (Å²) in [7, 11) is 0. The molecule has 0 aliphatic carbocycles. The summed E-state index contributed by atoms with van der Waals surface area (Å²) in [6.45, 7) is 6.74. The molecule has 2 saturated heterocycles. The van der Waals surface area contributed by atoms with E-state index in [4.69, 9.17) is 4.74 Å². The number of ether oxygens (including phenoxy) is 1. The molecule has 0 aromatic carbocycles. The Bertz CT molecular complexity index is 170. The van der Waals surface area contributed by atoms with Crippen LogP contribution in [0.3, 0.4) is 0 Å². The maximum absolute atomic E-state index is 5.42. The van der Waals surface area contributed by atoms with Crippen LogP contribution in [0.2, 0.25) is 0 Å². The van der Waals surface area contributed by atoms with Gasteiger partial charge in [0.1, 0.15) is 0 Å². The number of hydrogen-bond acceptors (Lipinski definition) is 2. The normalized spacial score (nSPS) is 42.5. The Morgan fingerprint density at radius 3 is 2.85 bits per heavy atom. The van der Waals surface area contributed by atoms with Crippen LogP contribution >= 0.6 is 15.9 Å². The average Bonchev–Trinajstić information content (AvgIpc) is 2.62. The molecule has 0 aromatic heterocycles. The van der Waals surface area contributed by atoms with Gasteiger partial charge in [0, 0.05) is 24.0 Å². The molecule has 3 heteroatoms. The number of likely N-dealkylation sites (tertiary alicyclic amines) is 1. The molecular formula is C10H18BrNO. The van der Waals surface area contributed by atoms with E-state index in [-0.39, 0.29) is 0 Å². The third-order valence-corrected chi connectivity index (χ3v) is 4.61. The highest BCUT2D eigenvalue weighted by Crippen LogP contribution is 2.26. The predicted molar refractivity (Wildman–Crippen MR) is 57.3 cm³/mol. The Balaban J connectivity index is 1.87. The lowest BCUT2D eigenvalue weighted by Gasteiger charge is -2.37. The minimum Gasteiger partial charge on any atom is -0.380 e. The summed E-state index contributed by atoms with van der Waals surface area (Å²) in [5.41, 5.74) is 0. The first-order valence-electron chi connectivity index (χ1n) is 5.23. The minimum atomic E-state index is 0.711. The Kier molecular flexibility index (Phi) is 3.27. The van der Waals surface area contributed by atoms with Crippen LogP contribution < -0.4 is 0 Å². The number of hydrogen-bond donors (Lipinski definition) is 0. The summed E-state index contributed by atoms with van der Waals surface area (Å²) in [6, 6.07) is 0.711. The predicted octanol–water partition coefficient (Wildman–Crippen LogP) is 1.88. The van der Waals surface area contributed by atoms with Crippen molar-refractivity contribution in [1.29, 1.82) is 0 Å². The topological polar surface area (TPSA) is 12.5 Å². The van der Waals surface area contributed by atoms with E-state index >= 15 is 0 Å². The molecule has 0 amide bonds. The van der Waals surface area contributed by atoms with Crippen molar-refractivity contribution in [3.05, 3.63) is 0 Å². The van der Waals surface area contributed by atoms with Crippen LogP contribution in [-0.4, -0.2) is 42.1 Å². The molecule has 3 unspecified atom stereocenters. The van der Waals surface area contributed by atoms with Gasteiger partial charge in [0.25, 0.3) is 0 Å². The van der Waals surface area contributed by atoms with E-state index in [2.05, 4.69) is 27.8 Å². The van der Waals surface area contributed by atoms with Gasteiger partial charge in [0.15, 0.2) is 0 Å². The average molecular weight is 248 g/mol. The zero-order chi connectivity index (χ0) is 9.26. The minimum absolute atomic E-state index is 0.711. The fourth-order valence-corrected chi connectivity index (χ4v) is 2.66. The van der Waals surface area contributed by atoms with Gasteiger partial charge in [0.05, 0.1) is 6.61 Å². The molecule has 2 nitrogen and oxygen atoms in total. The molecule has 0 saturated carbocycles. The molecule has 2 heterocycles. The van der Waals surface area contributed by atoms with Gasteiger partial charge < -0.3 is 4.74 Å². The SMILES string of the molecule is CC1CN(C2CCOC2)CCC1Br. The summed E-state index contributed by atoms with van der Waals surface area (Å²) >= 11 is 3.73. The zero-order valence-electron chi connectivity index (χ0n) is 8.21. The first-order valence-corrected chi connectivity index (χ1v) is 6.15. The number of rotatable bonds is 1. The van der Waals surface area contributed by atoms with E-state index in [0.717, 1.165) is 24.0 Å². The molecule has 0 spiro atoms. The van der Waals surface area contributed by atoms with E-state index in [1.54, 1.807) is 0 Å². The van der Waals surface area contributed by atoms with Gasteiger partial charge in [-0.15, -0.1) is 0 Å². The van der Waals surface area contributed by atoms with Crippen LogP contribution in [-0.2, 0) is 4.74 Å². The Morgan fingerprint density at radius 1 is 1.38 bits per heavy atom. The second-order valence-electron chi connectivity index (χ2n) is 4.29. The molecule has 3 atom stereocenters. The van der Waals surface area contributed by atoms with Gasteiger partial charge in [-0.3, -0.25) is 4.90 Å². The van der Waals surface area contributed by atoms with Crippen molar-refractivity contribution >= 4 is 15.9 Å².